The molecule has 1 aliphatic heterocycles. The molecule has 1 aromatic carbocycles. The van der Waals surface area contributed by atoms with E-state index < -0.39 is 5.91 Å². The van der Waals surface area contributed by atoms with Crippen LogP contribution in [-0.4, -0.2) is 46.6 Å². The lowest BCUT2D eigenvalue weighted by molar-refractivity contribution is -0.0947. The highest BCUT2D eigenvalue weighted by Crippen LogP contribution is 2.20. The van der Waals surface area contributed by atoms with Crippen LogP contribution in [0, 0.1) is 18.8 Å². The van der Waals surface area contributed by atoms with Crippen molar-refractivity contribution in [1.29, 1.82) is 0 Å². The fourth-order valence-corrected chi connectivity index (χ4v) is 3.40. The Kier molecular flexibility index (Phi) is 6.63. The van der Waals surface area contributed by atoms with Crippen molar-refractivity contribution in [3.8, 4) is 11.8 Å². The van der Waals surface area contributed by atoms with Crippen molar-refractivity contribution in [2.75, 3.05) is 25.1 Å². The van der Waals surface area contributed by atoms with E-state index in [1.165, 1.54) is 10.9 Å². The Labute approximate surface area is 185 Å². The zero-order valence-corrected chi connectivity index (χ0v) is 17.7. The molecule has 3 heterocycles. The van der Waals surface area contributed by atoms with Crippen LogP contribution >= 0.6 is 11.6 Å². The molecular formula is C23H21ClN4O3. The first-order chi connectivity index (χ1) is 15.1. The van der Waals surface area contributed by atoms with Gasteiger partial charge in [-0.25, -0.2) is 4.98 Å². The number of anilines is 1. The van der Waals surface area contributed by atoms with E-state index in [9.17, 15) is 4.79 Å². The van der Waals surface area contributed by atoms with Crippen LogP contribution in [0.15, 0.2) is 48.8 Å². The minimum absolute atomic E-state index is 0.182. The van der Waals surface area contributed by atoms with E-state index in [-0.39, 0.29) is 16.8 Å². The molecular weight excluding hydrogens is 416 g/mol. The predicted molar refractivity (Wildman–Crippen MR) is 117 cm³/mol. The van der Waals surface area contributed by atoms with Crippen molar-refractivity contribution < 1.29 is 14.3 Å². The fraction of sp³-hybridized carbons (Fsp3) is 0.261. The maximum absolute atomic E-state index is 12.9. The molecule has 1 N–H and O–H groups in total. The van der Waals surface area contributed by atoms with Crippen LogP contribution < -0.4 is 5.32 Å². The molecule has 4 rings (SSSR count). The van der Waals surface area contributed by atoms with Gasteiger partial charge in [0.25, 0.3) is 5.91 Å². The van der Waals surface area contributed by atoms with Gasteiger partial charge in [-0.1, -0.05) is 41.6 Å². The standard InChI is InChI=1S/C23H21ClN4O3/c1-16-11-18(8-7-17-5-3-2-4-6-17)12-25-22(16)27-23(29)21-20(24)13-26-28(21)14-19-15-30-9-10-31-19/h2-6,11-13,19H,9-10,14-15H2,1H3,(H,25,27,29)/t19-/m0/s1. The summed E-state index contributed by atoms with van der Waals surface area (Å²) in [6.07, 6.45) is 2.89. The quantitative estimate of drug-likeness (QED) is 0.635. The highest BCUT2D eigenvalue weighted by molar-refractivity contribution is 6.34. The van der Waals surface area contributed by atoms with Crippen LogP contribution in [0.5, 0.6) is 0 Å². The van der Waals surface area contributed by atoms with Crippen molar-refractivity contribution >= 4 is 23.3 Å². The summed E-state index contributed by atoms with van der Waals surface area (Å²) < 4.78 is 12.6. The SMILES string of the molecule is Cc1cc(C#Cc2ccccc2)cnc1NC(=O)c1c(Cl)cnn1C[C@H]1COCCO1. The first-order valence-electron chi connectivity index (χ1n) is 9.86. The van der Waals surface area contributed by atoms with E-state index in [0.29, 0.717) is 32.2 Å². The lowest BCUT2D eigenvalue weighted by atomic mass is 10.1. The van der Waals surface area contributed by atoms with Gasteiger partial charge in [0.2, 0.25) is 0 Å². The molecule has 1 aliphatic rings. The first kappa shape index (κ1) is 21.1. The van der Waals surface area contributed by atoms with Gasteiger partial charge in [0, 0.05) is 17.3 Å². The highest BCUT2D eigenvalue weighted by Gasteiger charge is 2.23. The smallest absolute Gasteiger partial charge is 0.276 e. The summed E-state index contributed by atoms with van der Waals surface area (Å²) >= 11 is 6.23. The number of rotatable bonds is 4. The van der Waals surface area contributed by atoms with E-state index in [2.05, 4.69) is 27.2 Å². The van der Waals surface area contributed by atoms with Crippen LogP contribution in [-0.2, 0) is 16.0 Å². The van der Waals surface area contributed by atoms with Crippen molar-refractivity contribution in [2.24, 2.45) is 0 Å². The number of benzene rings is 1. The van der Waals surface area contributed by atoms with Crippen molar-refractivity contribution in [2.45, 2.75) is 19.6 Å². The molecule has 8 heteroatoms. The number of hydrogen-bond acceptors (Lipinski definition) is 5. The summed E-state index contributed by atoms with van der Waals surface area (Å²) in [7, 11) is 0. The van der Waals surface area contributed by atoms with Crippen molar-refractivity contribution in [1.82, 2.24) is 14.8 Å². The molecule has 1 atom stereocenters. The molecule has 0 saturated carbocycles. The summed E-state index contributed by atoms with van der Waals surface area (Å²) in [4.78, 5) is 17.3. The van der Waals surface area contributed by atoms with Gasteiger partial charge < -0.3 is 14.8 Å². The summed E-state index contributed by atoms with van der Waals surface area (Å²) in [5.74, 6) is 6.23. The lowest BCUT2D eigenvalue weighted by Gasteiger charge is -2.23. The Morgan fingerprint density at radius 2 is 2.03 bits per heavy atom. The van der Waals surface area contributed by atoms with E-state index in [4.69, 9.17) is 21.1 Å². The van der Waals surface area contributed by atoms with Crippen LogP contribution in [0.25, 0.3) is 0 Å². The maximum atomic E-state index is 12.9. The number of aryl methyl sites for hydroxylation is 1. The Morgan fingerprint density at radius 1 is 1.23 bits per heavy atom. The Bertz CT molecular complexity index is 1130. The van der Waals surface area contributed by atoms with Gasteiger partial charge in [0.15, 0.2) is 0 Å². The minimum atomic E-state index is -0.391. The van der Waals surface area contributed by atoms with Crippen LogP contribution in [0.1, 0.15) is 27.2 Å². The Morgan fingerprint density at radius 3 is 2.77 bits per heavy atom. The number of amides is 1. The molecule has 0 unspecified atom stereocenters. The minimum Gasteiger partial charge on any atom is -0.376 e. The molecule has 1 saturated heterocycles. The fourth-order valence-electron chi connectivity index (χ4n) is 3.17. The zero-order chi connectivity index (χ0) is 21.6. The van der Waals surface area contributed by atoms with Gasteiger partial charge in [0.05, 0.1) is 37.6 Å². The van der Waals surface area contributed by atoms with Gasteiger partial charge in [-0.2, -0.15) is 5.10 Å². The molecule has 0 spiro atoms. The third-order valence-electron chi connectivity index (χ3n) is 4.71. The van der Waals surface area contributed by atoms with Crippen LogP contribution in [0.2, 0.25) is 5.02 Å². The number of pyridine rings is 1. The van der Waals surface area contributed by atoms with E-state index >= 15 is 0 Å². The monoisotopic (exact) mass is 436 g/mol. The third kappa shape index (κ3) is 5.30. The average molecular weight is 437 g/mol. The molecule has 0 bridgehead atoms. The van der Waals surface area contributed by atoms with Gasteiger partial charge in [-0.3, -0.25) is 9.48 Å². The summed E-state index contributed by atoms with van der Waals surface area (Å²) in [6.45, 7) is 3.77. The number of halogens is 1. The average Bonchev–Trinajstić information content (AvgIpc) is 3.15. The molecule has 0 aliphatic carbocycles. The van der Waals surface area contributed by atoms with Crippen LogP contribution in [0.4, 0.5) is 5.82 Å². The van der Waals surface area contributed by atoms with Crippen molar-refractivity contribution in [3.63, 3.8) is 0 Å². The van der Waals surface area contributed by atoms with E-state index in [1.54, 1.807) is 6.20 Å². The molecule has 158 valence electrons. The van der Waals surface area contributed by atoms with Gasteiger partial charge in [0.1, 0.15) is 17.6 Å². The molecule has 31 heavy (non-hydrogen) atoms. The third-order valence-corrected chi connectivity index (χ3v) is 4.98. The second kappa shape index (κ2) is 9.75. The second-order valence-corrected chi connectivity index (χ2v) is 7.46. The van der Waals surface area contributed by atoms with Gasteiger partial charge in [-0.15, -0.1) is 0 Å². The number of hydrogen-bond donors (Lipinski definition) is 1. The Balaban J connectivity index is 1.48. The zero-order valence-electron chi connectivity index (χ0n) is 17.0. The maximum Gasteiger partial charge on any atom is 0.276 e. The number of carbonyl (C=O) groups excluding carboxylic acids is 1. The number of nitrogens with zero attached hydrogens (tertiary/aromatic N) is 3. The number of aromatic nitrogens is 3. The number of carbonyl (C=O) groups is 1. The summed E-state index contributed by atoms with van der Waals surface area (Å²) in [5.41, 5.74) is 2.73. The first-order valence-corrected chi connectivity index (χ1v) is 10.2. The van der Waals surface area contributed by atoms with Gasteiger partial charge in [-0.05, 0) is 30.7 Å². The number of ether oxygens (including phenoxy) is 2. The summed E-state index contributed by atoms with van der Waals surface area (Å²) in [6, 6.07) is 11.6. The second-order valence-electron chi connectivity index (χ2n) is 7.05. The van der Waals surface area contributed by atoms with E-state index in [0.717, 1.165) is 16.7 Å². The summed E-state index contributed by atoms with van der Waals surface area (Å²) in [5, 5.41) is 7.29. The normalized spacial score (nSPS) is 15.7. The molecule has 7 nitrogen and oxygen atoms in total. The molecule has 1 amide bonds. The number of nitrogens with one attached hydrogen (secondary N) is 1. The molecule has 2 aromatic heterocycles. The largest absolute Gasteiger partial charge is 0.376 e. The van der Waals surface area contributed by atoms with Crippen molar-refractivity contribution in [3.05, 3.63) is 76.2 Å². The molecule has 0 radical (unpaired) electrons. The lowest BCUT2D eigenvalue weighted by Crippen LogP contribution is -2.34. The highest BCUT2D eigenvalue weighted by atomic mass is 35.5. The van der Waals surface area contributed by atoms with E-state index in [1.807, 2.05) is 43.3 Å². The topological polar surface area (TPSA) is 78.3 Å². The van der Waals surface area contributed by atoms with Gasteiger partial charge >= 0.3 is 0 Å². The molecule has 3 aromatic rings. The predicted octanol–water partition coefficient (Wildman–Crippen LogP) is 3.31. The van der Waals surface area contributed by atoms with Crippen LogP contribution in [0.3, 0.4) is 0 Å². The Hall–Kier alpha value is -3.18. The molecule has 1 fully saturated rings.